The molecule has 1 aromatic rings. The first-order valence-electron chi connectivity index (χ1n) is 10.7. The van der Waals surface area contributed by atoms with Gasteiger partial charge in [-0.3, -0.25) is 14.4 Å². The van der Waals surface area contributed by atoms with Gasteiger partial charge < -0.3 is 26.6 Å². The molecule has 0 spiro atoms. The number of hydrogen-bond acceptors (Lipinski definition) is 7. The number of Topliss-reactive ketones (excluding diaryl/α,β-unsaturated/α-hetero) is 2. The Hall–Kier alpha value is -2.13. The van der Waals surface area contributed by atoms with Crippen molar-refractivity contribution in [1.29, 1.82) is 0 Å². The summed E-state index contributed by atoms with van der Waals surface area (Å²) in [7, 11) is 0. The Balaban J connectivity index is 2.82. The van der Waals surface area contributed by atoms with Crippen LogP contribution in [0.1, 0.15) is 44.7 Å². The average Bonchev–Trinajstić information content (AvgIpc) is 2.73. The second-order valence-corrected chi connectivity index (χ2v) is 8.23. The van der Waals surface area contributed by atoms with Crippen molar-refractivity contribution in [2.75, 3.05) is 13.1 Å². The molecule has 0 bridgehead atoms. The number of nitrogens with two attached hydrogens (primary N) is 2. The van der Waals surface area contributed by atoms with Gasteiger partial charge in [0.1, 0.15) is 6.10 Å². The van der Waals surface area contributed by atoms with Crippen LogP contribution in [0.3, 0.4) is 0 Å². The molecule has 1 aromatic carbocycles. The quantitative estimate of drug-likeness (QED) is 0.339. The Kier molecular flexibility index (Phi) is 11.6. The van der Waals surface area contributed by atoms with Crippen LogP contribution < -0.4 is 16.8 Å². The molecular weight excluding hydrogens is 398 g/mol. The average molecular weight is 436 g/mol. The predicted octanol–water partition coefficient (Wildman–Crippen LogP) is 0.854. The first kappa shape index (κ1) is 26.9. The number of hydrogen-bond donors (Lipinski definition) is 4. The lowest BCUT2D eigenvalue weighted by Crippen LogP contribution is -2.51. The van der Waals surface area contributed by atoms with E-state index < -0.39 is 30.1 Å². The fourth-order valence-corrected chi connectivity index (χ4v) is 3.13. The largest absolute Gasteiger partial charge is 0.393 e. The maximum atomic E-state index is 12.9. The lowest BCUT2D eigenvalue weighted by atomic mass is 9.92. The minimum Gasteiger partial charge on any atom is -0.393 e. The Morgan fingerprint density at radius 1 is 1.10 bits per heavy atom. The van der Waals surface area contributed by atoms with Crippen molar-refractivity contribution < 1.29 is 24.2 Å². The number of ketones is 2. The van der Waals surface area contributed by atoms with Crippen LogP contribution in [0.5, 0.6) is 0 Å². The van der Waals surface area contributed by atoms with Crippen LogP contribution >= 0.6 is 0 Å². The molecule has 0 heterocycles. The van der Waals surface area contributed by atoms with E-state index in [1.807, 2.05) is 31.2 Å². The smallest absolute Gasteiger partial charge is 0.226 e. The van der Waals surface area contributed by atoms with Crippen molar-refractivity contribution in [2.45, 2.75) is 65.4 Å². The summed E-state index contributed by atoms with van der Waals surface area (Å²) in [4.78, 5) is 37.8. The van der Waals surface area contributed by atoms with Gasteiger partial charge in [-0.2, -0.15) is 0 Å². The second kappa shape index (κ2) is 13.3. The summed E-state index contributed by atoms with van der Waals surface area (Å²) in [5.41, 5.74) is 13.3. The van der Waals surface area contributed by atoms with E-state index in [0.29, 0.717) is 6.42 Å². The molecule has 31 heavy (non-hydrogen) atoms. The Morgan fingerprint density at radius 3 is 2.19 bits per heavy atom. The van der Waals surface area contributed by atoms with Crippen LogP contribution in [0.25, 0.3) is 0 Å². The Bertz CT molecular complexity index is 718. The van der Waals surface area contributed by atoms with Crippen LogP contribution in [-0.2, 0) is 25.7 Å². The molecule has 1 unspecified atom stereocenters. The summed E-state index contributed by atoms with van der Waals surface area (Å²) >= 11 is 0. The minimum atomic E-state index is -1.09. The minimum absolute atomic E-state index is 0.0569. The van der Waals surface area contributed by atoms with Crippen LogP contribution in [0, 0.1) is 18.8 Å². The number of aliphatic hydroxyl groups is 1. The number of nitrogens with one attached hydrogen (secondary N) is 1. The molecule has 0 saturated carbocycles. The highest BCUT2D eigenvalue weighted by molar-refractivity contribution is 5.93. The van der Waals surface area contributed by atoms with E-state index in [9.17, 15) is 19.5 Å². The fourth-order valence-electron chi connectivity index (χ4n) is 3.13. The number of aliphatic hydroxyl groups excluding tert-OH is 1. The molecule has 0 radical (unpaired) electrons. The molecule has 0 aliphatic heterocycles. The molecule has 4 atom stereocenters. The molecule has 8 heteroatoms. The zero-order chi connectivity index (χ0) is 23.6. The highest BCUT2D eigenvalue weighted by atomic mass is 16.5. The molecule has 0 fully saturated rings. The lowest BCUT2D eigenvalue weighted by molar-refractivity contribution is -0.140. The molecule has 0 aliphatic rings. The van der Waals surface area contributed by atoms with Crippen LogP contribution in [-0.4, -0.2) is 53.9 Å². The van der Waals surface area contributed by atoms with E-state index in [0.717, 1.165) is 11.1 Å². The van der Waals surface area contributed by atoms with Crippen LogP contribution in [0.2, 0.25) is 0 Å². The van der Waals surface area contributed by atoms with E-state index >= 15 is 0 Å². The number of amides is 1. The van der Waals surface area contributed by atoms with Gasteiger partial charge in [-0.05, 0) is 32.4 Å². The Morgan fingerprint density at radius 2 is 1.71 bits per heavy atom. The maximum Gasteiger partial charge on any atom is 0.226 e. The standard InChI is InChI=1S/C23H37N3O5/c1-14(2)22(29)19(12-25)26-23(30)18(16(4)27)11-20(28)21(9-10-24)31-13-17-7-5-15(3)6-8-17/h5-8,14,16,18-19,21,27H,9-13,24-25H2,1-4H3,(H,26,30)/t16?,18-,19-,21-/m0/s1. The van der Waals surface area contributed by atoms with Crippen molar-refractivity contribution in [3.8, 4) is 0 Å². The van der Waals surface area contributed by atoms with E-state index in [1.165, 1.54) is 6.92 Å². The van der Waals surface area contributed by atoms with E-state index in [1.54, 1.807) is 13.8 Å². The topological polar surface area (TPSA) is 145 Å². The van der Waals surface area contributed by atoms with Crippen molar-refractivity contribution in [3.05, 3.63) is 35.4 Å². The van der Waals surface area contributed by atoms with Gasteiger partial charge in [-0.25, -0.2) is 0 Å². The molecule has 0 saturated heterocycles. The van der Waals surface area contributed by atoms with Gasteiger partial charge in [-0.1, -0.05) is 43.7 Å². The monoisotopic (exact) mass is 435 g/mol. The zero-order valence-electron chi connectivity index (χ0n) is 19.0. The fraction of sp³-hybridized carbons (Fsp3) is 0.609. The van der Waals surface area contributed by atoms with Gasteiger partial charge in [0.15, 0.2) is 11.6 Å². The summed E-state index contributed by atoms with van der Waals surface area (Å²) in [6.07, 6.45) is -1.80. The van der Waals surface area contributed by atoms with Crippen LogP contribution in [0.15, 0.2) is 24.3 Å². The third-order valence-corrected chi connectivity index (χ3v) is 5.16. The van der Waals surface area contributed by atoms with Crippen molar-refractivity contribution in [1.82, 2.24) is 5.32 Å². The molecule has 6 N–H and O–H groups in total. The van der Waals surface area contributed by atoms with E-state index in [-0.39, 0.29) is 43.6 Å². The molecule has 8 nitrogen and oxygen atoms in total. The van der Waals surface area contributed by atoms with Crippen molar-refractivity contribution >= 4 is 17.5 Å². The van der Waals surface area contributed by atoms with Crippen molar-refractivity contribution in [3.63, 3.8) is 0 Å². The van der Waals surface area contributed by atoms with Gasteiger partial charge in [0, 0.05) is 18.9 Å². The van der Waals surface area contributed by atoms with Gasteiger partial charge >= 0.3 is 0 Å². The van der Waals surface area contributed by atoms with E-state index in [2.05, 4.69) is 5.32 Å². The molecule has 1 amide bonds. The van der Waals surface area contributed by atoms with Gasteiger partial charge in [0.05, 0.1) is 24.7 Å². The SMILES string of the molecule is Cc1ccc(CO[C@@H](CCN)C(=O)C[C@H](C(=O)N[C@@H](CN)C(=O)C(C)C)C(C)O)cc1. The molecule has 0 aliphatic carbocycles. The number of ether oxygens (including phenoxy) is 1. The Labute approximate surface area is 184 Å². The normalized spacial score (nSPS) is 15.2. The molecule has 1 rings (SSSR count). The number of benzene rings is 1. The van der Waals surface area contributed by atoms with Gasteiger partial charge in [-0.15, -0.1) is 0 Å². The van der Waals surface area contributed by atoms with Gasteiger partial charge in [0.2, 0.25) is 5.91 Å². The summed E-state index contributed by atoms with van der Waals surface area (Å²) in [5.74, 6) is -2.43. The third-order valence-electron chi connectivity index (χ3n) is 5.16. The number of aryl methyl sites for hydroxylation is 1. The molecule has 174 valence electrons. The number of carbonyl (C=O) groups is 3. The highest BCUT2D eigenvalue weighted by Gasteiger charge is 2.32. The first-order chi connectivity index (χ1) is 14.6. The molecule has 0 aromatic heterocycles. The number of rotatable bonds is 14. The van der Waals surface area contributed by atoms with Crippen molar-refractivity contribution in [2.24, 2.45) is 23.3 Å². The van der Waals surface area contributed by atoms with Crippen LogP contribution in [0.4, 0.5) is 0 Å². The summed E-state index contributed by atoms with van der Waals surface area (Å²) in [6.45, 7) is 7.28. The summed E-state index contributed by atoms with van der Waals surface area (Å²) in [5, 5.41) is 12.7. The van der Waals surface area contributed by atoms with Gasteiger partial charge in [0.25, 0.3) is 0 Å². The predicted molar refractivity (Wildman–Crippen MR) is 119 cm³/mol. The number of carbonyl (C=O) groups excluding carboxylic acids is 3. The highest BCUT2D eigenvalue weighted by Crippen LogP contribution is 2.16. The third kappa shape index (κ3) is 8.86. The maximum absolute atomic E-state index is 12.9. The lowest BCUT2D eigenvalue weighted by Gasteiger charge is -2.25. The molecular formula is C23H37N3O5. The second-order valence-electron chi connectivity index (χ2n) is 8.23. The summed E-state index contributed by atoms with van der Waals surface area (Å²) in [6, 6.07) is 6.90. The summed E-state index contributed by atoms with van der Waals surface area (Å²) < 4.78 is 5.79. The zero-order valence-corrected chi connectivity index (χ0v) is 19.0. The van der Waals surface area contributed by atoms with E-state index in [4.69, 9.17) is 16.2 Å². The first-order valence-corrected chi connectivity index (χ1v) is 10.7.